The summed E-state index contributed by atoms with van der Waals surface area (Å²) >= 11 is 5.44. The Kier molecular flexibility index (Phi) is 7.48. The van der Waals surface area contributed by atoms with Gasteiger partial charge in [-0.05, 0) is 94.9 Å². The SMILES string of the molecule is CCOC(=O)C1=C(C)N=c2s/c(=C/c3cc(I)cc(I)c3O)c(=O)n2C1c1ccc(OC)cc1. The van der Waals surface area contributed by atoms with Crippen molar-refractivity contribution < 1.29 is 19.4 Å². The molecule has 0 bridgehead atoms. The van der Waals surface area contributed by atoms with Crippen molar-refractivity contribution >= 4 is 68.6 Å². The molecule has 1 unspecified atom stereocenters. The highest BCUT2D eigenvalue weighted by Gasteiger charge is 2.33. The lowest BCUT2D eigenvalue weighted by Crippen LogP contribution is -2.39. The first-order chi connectivity index (χ1) is 16.2. The molecule has 34 heavy (non-hydrogen) atoms. The van der Waals surface area contributed by atoms with Gasteiger partial charge < -0.3 is 14.6 Å². The Balaban J connectivity index is 1.97. The molecule has 0 saturated heterocycles. The number of fused-ring (bicyclic) bond motifs is 1. The number of ether oxygens (including phenoxy) is 2. The van der Waals surface area contributed by atoms with Crippen molar-refractivity contribution in [1.82, 2.24) is 4.57 Å². The van der Waals surface area contributed by atoms with Crippen LogP contribution in [-0.4, -0.2) is 29.4 Å². The summed E-state index contributed by atoms with van der Waals surface area (Å²) in [7, 11) is 1.58. The zero-order valence-corrected chi connectivity index (χ0v) is 23.6. The number of hydrogen-bond donors (Lipinski definition) is 1. The van der Waals surface area contributed by atoms with E-state index in [1.165, 1.54) is 15.9 Å². The maximum atomic E-state index is 13.6. The van der Waals surface area contributed by atoms with Crippen LogP contribution in [0.25, 0.3) is 6.08 Å². The van der Waals surface area contributed by atoms with Crippen LogP contribution in [-0.2, 0) is 9.53 Å². The van der Waals surface area contributed by atoms with Crippen LogP contribution >= 0.6 is 56.5 Å². The van der Waals surface area contributed by atoms with E-state index < -0.39 is 12.0 Å². The number of methoxy groups -OCH3 is 1. The van der Waals surface area contributed by atoms with Gasteiger partial charge in [-0.2, -0.15) is 0 Å². The van der Waals surface area contributed by atoms with E-state index in [1.807, 2.05) is 24.3 Å². The number of benzene rings is 2. The number of phenolic OH excluding ortho intramolecular Hbond substituents is 1. The number of allylic oxidation sites excluding steroid dienone is 1. The molecule has 0 aliphatic carbocycles. The van der Waals surface area contributed by atoms with Crippen molar-refractivity contribution in [3.63, 3.8) is 0 Å². The number of hydrogen-bond acceptors (Lipinski definition) is 7. The maximum absolute atomic E-state index is 13.6. The fourth-order valence-electron chi connectivity index (χ4n) is 3.73. The number of rotatable bonds is 5. The predicted octanol–water partition coefficient (Wildman–Crippen LogP) is 3.72. The zero-order valence-electron chi connectivity index (χ0n) is 18.5. The highest BCUT2D eigenvalue weighted by atomic mass is 127. The van der Waals surface area contributed by atoms with Gasteiger partial charge in [0.2, 0.25) is 0 Å². The molecule has 1 aromatic heterocycles. The Morgan fingerprint density at radius 2 is 1.97 bits per heavy atom. The van der Waals surface area contributed by atoms with Crippen LogP contribution in [0.4, 0.5) is 0 Å². The number of phenols is 1. The van der Waals surface area contributed by atoms with Gasteiger partial charge in [0.05, 0.1) is 39.1 Å². The van der Waals surface area contributed by atoms with E-state index in [2.05, 4.69) is 50.2 Å². The first kappa shape index (κ1) is 24.9. The molecule has 0 spiro atoms. The van der Waals surface area contributed by atoms with E-state index in [4.69, 9.17) is 9.47 Å². The van der Waals surface area contributed by atoms with E-state index in [-0.39, 0.29) is 17.9 Å². The molecule has 1 aliphatic rings. The average Bonchev–Trinajstić information content (AvgIpc) is 3.10. The Bertz CT molecular complexity index is 1490. The van der Waals surface area contributed by atoms with Crippen LogP contribution in [0.5, 0.6) is 11.5 Å². The van der Waals surface area contributed by atoms with E-state index in [1.54, 1.807) is 39.2 Å². The molecule has 2 heterocycles. The molecule has 0 fully saturated rings. The molecule has 10 heteroatoms. The van der Waals surface area contributed by atoms with E-state index in [9.17, 15) is 14.7 Å². The van der Waals surface area contributed by atoms with Gasteiger partial charge in [0.1, 0.15) is 11.5 Å². The Labute approximate surface area is 226 Å². The van der Waals surface area contributed by atoms with Crippen molar-refractivity contribution in [2.24, 2.45) is 4.99 Å². The van der Waals surface area contributed by atoms with Crippen molar-refractivity contribution in [3.05, 3.63) is 85.6 Å². The lowest BCUT2D eigenvalue weighted by Gasteiger charge is -2.24. The van der Waals surface area contributed by atoms with Crippen LogP contribution < -0.4 is 19.6 Å². The molecule has 2 aromatic carbocycles. The first-order valence-corrected chi connectivity index (χ1v) is 13.2. The highest BCUT2D eigenvalue weighted by Crippen LogP contribution is 2.32. The van der Waals surface area contributed by atoms with E-state index in [0.29, 0.717) is 35.5 Å². The summed E-state index contributed by atoms with van der Waals surface area (Å²) in [5, 5.41) is 10.5. The smallest absolute Gasteiger partial charge is 0.338 e. The number of aromatic nitrogens is 1. The lowest BCUT2D eigenvalue weighted by atomic mass is 9.96. The van der Waals surface area contributed by atoms with Crippen molar-refractivity contribution in [3.8, 4) is 11.5 Å². The Morgan fingerprint density at radius 3 is 2.62 bits per heavy atom. The third-order valence-electron chi connectivity index (χ3n) is 5.29. The van der Waals surface area contributed by atoms with Gasteiger partial charge in [-0.15, -0.1) is 0 Å². The van der Waals surface area contributed by atoms with Crippen molar-refractivity contribution in [2.75, 3.05) is 13.7 Å². The molecular formula is C24H20I2N2O5S. The van der Waals surface area contributed by atoms with Crippen LogP contribution in [0, 0.1) is 7.14 Å². The largest absolute Gasteiger partial charge is 0.506 e. The summed E-state index contributed by atoms with van der Waals surface area (Å²) in [6.07, 6.45) is 1.66. The standard InChI is InChI=1S/C24H20I2N2O5S/c1-4-33-23(31)19-12(2)27-24-28(20(19)13-5-7-16(32-3)8-6-13)22(30)18(34-24)10-14-9-15(25)11-17(26)21(14)29/h5-11,20,29H,4H2,1-3H3/b18-10+. The highest BCUT2D eigenvalue weighted by molar-refractivity contribution is 14.1. The summed E-state index contributed by atoms with van der Waals surface area (Å²) in [5.41, 5.74) is 1.80. The van der Waals surface area contributed by atoms with E-state index >= 15 is 0 Å². The number of thiazole rings is 1. The monoisotopic (exact) mass is 702 g/mol. The summed E-state index contributed by atoms with van der Waals surface area (Å²) in [5.74, 6) is 0.268. The summed E-state index contributed by atoms with van der Waals surface area (Å²) < 4.78 is 14.1. The molecule has 0 saturated carbocycles. The second-order valence-corrected chi connectivity index (χ2v) is 10.8. The van der Waals surface area contributed by atoms with Gasteiger partial charge in [-0.25, -0.2) is 9.79 Å². The fraction of sp³-hybridized carbons (Fsp3) is 0.208. The Morgan fingerprint density at radius 1 is 1.26 bits per heavy atom. The number of carbonyl (C=O) groups excluding carboxylic acids is 1. The van der Waals surface area contributed by atoms with Gasteiger partial charge in [-0.1, -0.05) is 23.5 Å². The maximum Gasteiger partial charge on any atom is 0.338 e. The number of aromatic hydroxyl groups is 1. The van der Waals surface area contributed by atoms with Gasteiger partial charge in [0, 0.05) is 9.13 Å². The molecule has 1 N–H and O–H groups in total. The molecule has 0 amide bonds. The normalized spacial score (nSPS) is 15.7. The van der Waals surface area contributed by atoms with Crippen LogP contribution in [0.1, 0.15) is 31.0 Å². The van der Waals surface area contributed by atoms with Gasteiger partial charge in [-0.3, -0.25) is 9.36 Å². The quantitative estimate of drug-likeness (QED) is 0.324. The topological polar surface area (TPSA) is 90.1 Å². The minimum Gasteiger partial charge on any atom is -0.506 e. The number of nitrogens with zero attached hydrogens (tertiary/aromatic N) is 2. The second kappa shape index (κ2) is 10.2. The molecule has 7 nitrogen and oxygen atoms in total. The second-order valence-electron chi connectivity index (χ2n) is 7.40. The number of carbonyl (C=O) groups is 1. The minimum absolute atomic E-state index is 0.113. The van der Waals surface area contributed by atoms with Crippen molar-refractivity contribution in [2.45, 2.75) is 19.9 Å². The van der Waals surface area contributed by atoms with Crippen LogP contribution in [0.15, 0.2) is 57.5 Å². The van der Waals surface area contributed by atoms with Crippen LogP contribution in [0.3, 0.4) is 0 Å². The summed E-state index contributed by atoms with van der Waals surface area (Å²) in [4.78, 5) is 31.6. The molecule has 3 aromatic rings. The van der Waals surface area contributed by atoms with Gasteiger partial charge in [0.25, 0.3) is 5.56 Å². The fourth-order valence-corrected chi connectivity index (χ4v) is 6.66. The summed E-state index contributed by atoms with van der Waals surface area (Å²) in [6, 6.07) is 10.2. The van der Waals surface area contributed by atoms with Crippen molar-refractivity contribution in [1.29, 1.82) is 0 Å². The van der Waals surface area contributed by atoms with E-state index in [0.717, 1.165) is 9.13 Å². The third-order valence-corrected chi connectivity index (χ3v) is 7.72. The zero-order chi connectivity index (χ0) is 24.6. The Hall–Kier alpha value is -2.19. The number of esters is 1. The van der Waals surface area contributed by atoms with Crippen LogP contribution in [0.2, 0.25) is 0 Å². The summed E-state index contributed by atoms with van der Waals surface area (Å²) in [6.45, 7) is 3.69. The molecule has 1 atom stereocenters. The molecule has 0 radical (unpaired) electrons. The molecule has 176 valence electrons. The predicted molar refractivity (Wildman–Crippen MR) is 147 cm³/mol. The van der Waals surface area contributed by atoms with Gasteiger partial charge in [0.15, 0.2) is 4.80 Å². The third kappa shape index (κ3) is 4.67. The van der Waals surface area contributed by atoms with Gasteiger partial charge >= 0.3 is 5.97 Å². The average molecular weight is 702 g/mol. The molecule has 1 aliphatic heterocycles. The first-order valence-electron chi connectivity index (χ1n) is 10.3. The number of halogens is 2. The lowest BCUT2D eigenvalue weighted by molar-refractivity contribution is -0.139. The minimum atomic E-state index is -0.701. The molecule has 4 rings (SSSR count). The molecular weight excluding hydrogens is 682 g/mol.